The molecule has 1 N–H and O–H groups in total. The maximum atomic E-state index is 11.0. The Morgan fingerprint density at radius 3 is 2.62 bits per heavy atom. The van der Waals surface area contributed by atoms with Crippen LogP contribution >= 0.6 is 11.6 Å². The van der Waals surface area contributed by atoms with Crippen LogP contribution in [-0.4, -0.2) is 18.0 Å². The van der Waals surface area contributed by atoms with Gasteiger partial charge in [0.2, 0.25) is 0 Å². The first-order chi connectivity index (χ1) is 6.06. The van der Waals surface area contributed by atoms with E-state index >= 15 is 0 Å². The standard InChI is InChI=1S/C9H9ClO3/c1-5(11)6-3-7(12)9(10)8(4-6)13-2/h3-4,12H,1-2H3. The van der Waals surface area contributed by atoms with E-state index in [-0.39, 0.29) is 16.6 Å². The summed E-state index contributed by atoms with van der Waals surface area (Å²) in [7, 11) is 1.42. The lowest BCUT2D eigenvalue weighted by Gasteiger charge is -2.06. The van der Waals surface area contributed by atoms with Gasteiger partial charge in [-0.25, -0.2) is 0 Å². The fraction of sp³-hybridized carbons (Fsp3) is 0.222. The predicted octanol–water partition coefficient (Wildman–Crippen LogP) is 2.26. The van der Waals surface area contributed by atoms with Crippen molar-refractivity contribution in [2.45, 2.75) is 6.92 Å². The van der Waals surface area contributed by atoms with Crippen molar-refractivity contribution in [2.24, 2.45) is 0 Å². The third-order valence-corrected chi connectivity index (χ3v) is 2.03. The van der Waals surface area contributed by atoms with Crippen LogP contribution in [0.2, 0.25) is 5.02 Å². The number of rotatable bonds is 2. The van der Waals surface area contributed by atoms with Gasteiger partial charge in [-0.15, -0.1) is 0 Å². The third kappa shape index (κ3) is 1.92. The summed E-state index contributed by atoms with van der Waals surface area (Å²) < 4.78 is 4.87. The third-order valence-electron chi connectivity index (χ3n) is 1.65. The van der Waals surface area contributed by atoms with Gasteiger partial charge in [0.25, 0.3) is 0 Å². The Hall–Kier alpha value is -1.22. The van der Waals surface area contributed by atoms with E-state index in [1.165, 1.54) is 26.2 Å². The number of carbonyl (C=O) groups excluding carboxylic acids is 1. The molecular formula is C9H9ClO3. The number of halogens is 1. The molecule has 0 saturated heterocycles. The smallest absolute Gasteiger partial charge is 0.160 e. The van der Waals surface area contributed by atoms with E-state index in [0.717, 1.165) is 0 Å². The molecule has 1 aromatic rings. The number of phenolic OH excluding ortho intramolecular Hbond substituents is 1. The van der Waals surface area contributed by atoms with Crippen LogP contribution in [0.5, 0.6) is 11.5 Å². The maximum absolute atomic E-state index is 11.0. The molecule has 0 bridgehead atoms. The number of hydrogen-bond donors (Lipinski definition) is 1. The van der Waals surface area contributed by atoms with Gasteiger partial charge in [-0.3, -0.25) is 4.79 Å². The molecule has 13 heavy (non-hydrogen) atoms. The lowest BCUT2D eigenvalue weighted by Crippen LogP contribution is -1.94. The quantitative estimate of drug-likeness (QED) is 0.745. The Morgan fingerprint density at radius 1 is 1.54 bits per heavy atom. The SMILES string of the molecule is COc1cc(C(C)=O)cc(O)c1Cl. The number of carbonyl (C=O) groups is 1. The zero-order valence-electron chi connectivity index (χ0n) is 7.30. The zero-order valence-corrected chi connectivity index (χ0v) is 8.05. The van der Waals surface area contributed by atoms with Crippen molar-refractivity contribution in [3.05, 3.63) is 22.7 Å². The minimum atomic E-state index is -0.148. The van der Waals surface area contributed by atoms with Gasteiger partial charge in [-0.05, 0) is 19.1 Å². The Balaban J connectivity index is 3.30. The van der Waals surface area contributed by atoms with E-state index in [1.54, 1.807) is 0 Å². The fourth-order valence-electron chi connectivity index (χ4n) is 0.935. The first kappa shape index (κ1) is 9.86. The summed E-state index contributed by atoms with van der Waals surface area (Å²) in [5.74, 6) is 0.00310. The molecule has 0 amide bonds. The lowest BCUT2D eigenvalue weighted by molar-refractivity contribution is 0.101. The van der Waals surface area contributed by atoms with Gasteiger partial charge in [0.15, 0.2) is 5.78 Å². The largest absolute Gasteiger partial charge is 0.506 e. The van der Waals surface area contributed by atoms with E-state index in [4.69, 9.17) is 16.3 Å². The highest BCUT2D eigenvalue weighted by atomic mass is 35.5. The molecule has 0 unspecified atom stereocenters. The lowest BCUT2D eigenvalue weighted by atomic mass is 10.1. The second kappa shape index (κ2) is 3.66. The molecule has 0 heterocycles. The molecule has 0 aliphatic carbocycles. The topological polar surface area (TPSA) is 46.5 Å². The Kier molecular flexibility index (Phi) is 2.78. The van der Waals surface area contributed by atoms with Crippen molar-refractivity contribution in [2.75, 3.05) is 7.11 Å². The molecule has 4 heteroatoms. The highest BCUT2D eigenvalue weighted by Gasteiger charge is 2.10. The van der Waals surface area contributed by atoms with Gasteiger partial charge in [0.05, 0.1) is 7.11 Å². The Labute approximate surface area is 80.9 Å². The van der Waals surface area contributed by atoms with Crippen LogP contribution in [0.25, 0.3) is 0 Å². The summed E-state index contributed by atoms with van der Waals surface area (Å²) in [4.78, 5) is 11.0. The van der Waals surface area contributed by atoms with Crippen molar-refractivity contribution < 1.29 is 14.6 Å². The van der Waals surface area contributed by atoms with Crippen molar-refractivity contribution >= 4 is 17.4 Å². The van der Waals surface area contributed by atoms with E-state index in [9.17, 15) is 9.90 Å². The summed E-state index contributed by atoms with van der Waals surface area (Å²) in [6.45, 7) is 1.40. The number of benzene rings is 1. The zero-order chi connectivity index (χ0) is 10.0. The molecule has 1 aromatic carbocycles. The van der Waals surface area contributed by atoms with Crippen molar-refractivity contribution in [1.29, 1.82) is 0 Å². The molecule has 0 aliphatic rings. The van der Waals surface area contributed by atoms with Gasteiger partial charge in [-0.2, -0.15) is 0 Å². The van der Waals surface area contributed by atoms with Crippen molar-refractivity contribution in [3.63, 3.8) is 0 Å². The van der Waals surface area contributed by atoms with E-state index < -0.39 is 0 Å². The predicted molar refractivity (Wildman–Crippen MR) is 49.7 cm³/mol. The maximum Gasteiger partial charge on any atom is 0.160 e. The number of methoxy groups -OCH3 is 1. The minimum absolute atomic E-state index is 0.118. The van der Waals surface area contributed by atoms with Gasteiger partial charge < -0.3 is 9.84 Å². The van der Waals surface area contributed by atoms with Crippen LogP contribution in [0, 0.1) is 0 Å². The first-order valence-electron chi connectivity index (χ1n) is 3.63. The minimum Gasteiger partial charge on any atom is -0.506 e. The first-order valence-corrected chi connectivity index (χ1v) is 4.01. The number of ether oxygens (including phenoxy) is 1. The van der Waals surface area contributed by atoms with Crippen molar-refractivity contribution in [3.8, 4) is 11.5 Å². The van der Waals surface area contributed by atoms with Crippen LogP contribution in [0.3, 0.4) is 0 Å². The second-order valence-electron chi connectivity index (χ2n) is 2.57. The second-order valence-corrected chi connectivity index (χ2v) is 2.95. The Morgan fingerprint density at radius 2 is 2.15 bits per heavy atom. The van der Waals surface area contributed by atoms with E-state index in [2.05, 4.69) is 0 Å². The fourth-order valence-corrected chi connectivity index (χ4v) is 1.12. The summed E-state index contributed by atoms with van der Waals surface area (Å²) in [5.41, 5.74) is 0.374. The molecule has 0 fully saturated rings. The van der Waals surface area contributed by atoms with Crippen molar-refractivity contribution in [1.82, 2.24) is 0 Å². The molecule has 0 radical (unpaired) electrons. The molecule has 0 atom stereocenters. The molecule has 1 rings (SSSR count). The van der Waals surface area contributed by atoms with Crippen LogP contribution in [0.1, 0.15) is 17.3 Å². The van der Waals surface area contributed by atoms with Crippen LogP contribution in [0.4, 0.5) is 0 Å². The molecule has 70 valence electrons. The van der Waals surface area contributed by atoms with E-state index in [0.29, 0.717) is 11.3 Å². The highest BCUT2D eigenvalue weighted by molar-refractivity contribution is 6.33. The van der Waals surface area contributed by atoms with Crippen LogP contribution < -0.4 is 4.74 Å². The van der Waals surface area contributed by atoms with Gasteiger partial charge in [-0.1, -0.05) is 11.6 Å². The molecular weight excluding hydrogens is 192 g/mol. The molecule has 0 saturated carbocycles. The normalized spacial score (nSPS) is 9.77. The summed E-state index contributed by atoms with van der Waals surface area (Å²) in [5, 5.41) is 9.41. The van der Waals surface area contributed by atoms with Gasteiger partial charge >= 0.3 is 0 Å². The number of ketones is 1. The summed E-state index contributed by atoms with van der Waals surface area (Å²) in [6, 6.07) is 2.80. The van der Waals surface area contributed by atoms with Crippen LogP contribution in [-0.2, 0) is 0 Å². The van der Waals surface area contributed by atoms with Gasteiger partial charge in [0.1, 0.15) is 16.5 Å². The number of hydrogen-bond acceptors (Lipinski definition) is 3. The number of Topliss-reactive ketones (excluding diaryl/α,β-unsaturated/α-hetero) is 1. The average molecular weight is 201 g/mol. The summed E-state index contributed by atoms with van der Waals surface area (Å²) in [6.07, 6.45) is 0. The number of phenols is 1. The monoisotopic (exact) mass is 200 g/mol. The van der Waals surface area contributed by atoms with Crippen LogP contribution in [0.15, 0.2) is 12.1 Å². The Bertz CT molecular complexity index is 347. The van der Waals surface area contributed by atoms with Gasteiger partial charge in [0, 0.05) is 5.56 Å². The highest BCUT2D eigenvalue weighted by Crippen LogP contribution is 2.34. The molecule has 0 aromatic heterocycles. The molecule has 3 nitrogen and oxygen atoms in total. The molecule has 0 spiro atoms. The summed E-state index contributed by atoms with van der Waals surface area (Å²) >= 11 is 5.68. The molecule has 0 aliphatic heterocycles. The average Bonchev–Trinajstić information content (AvgIpc) is 2.09. The number of aromatic hydroxyl groups is 1. The van der Waals surface area contributed by atoms with E-state index in [1.807, 2.05) is 0 Å².